The van der Waals surface area contributed by atoms with E-state index >= 15 is 0 Å². The quantitative estimate of drug-likeness (QED) is 0.422. The summed E-state index contributed by atoms with van der Waals surface area (Å²) in [5.41, 5.74) is 2.03. The van der Waals surface area contributed by atoms with Crippen molar-refractivity contribution in [2.45, 2.75) is 70.6 Å². The smallest absolute Gasteiger partial charge is 0.224 e. The van der Waals surface area contributed by atoms with Crippen molar-refractivity contribution in [3.8, 4) is 5.75 Å². The molecule has 0 bridgehead atoms. The highest BCUT2D eigenvalue weighted by Crippen LogP contribution is 2.30. The number of carbonyl (C=O) groups excluding carboxylic acids is 1. The Morgan fingerprint density at radius 1 is 1.00 bits per heavy atom. The Morgan fingerprint density at radius 2 is 1.75 bits per heavy atom. The predicted octanol–water partition coefficient (Wildman–Crippen LogP) is 6.13. The highest BCUT2D eigenvalue weighted by atomic mass is 35.5. The second-order valence-corrected chi connectivity index (χ2v) is 11.2. The first-order valence-corrected chi connectivity index (χ1v) is 14.1. The number of nitrogens with one attached hydrogen (secondary N) is 1. The molecule has 2 aromatic rings. The van der Waals surface area contributed by atoms with E-state index in [-0.39, 0.29) is 18.1 Å². The van der Waals surface area contributed by atoms with Gasteiger partial charge in [0.25, 0.3) is 0 Å². The van der Waals surface area contributed by atoms with Crippen LogP contribution in [0.5, 0.6) is 5.75 Å². The molecule has 0 spiro atoms. The molecule has 1 saturated carbocycles. The maximum absolute atomic E-state index is 12.9. The largest absolute Gasteiger partial charge is 0.491 e. The number of amides is 1. The van der Waals surface area contributed by atoms with E-state index in [9.17, 15) is 4.79 Å². The van der Waals surface area contributed by atoms with Crippen LogP contribution in [0, 0.1) is 0 Å². The first-order chi connectivity index (χ1) is 17.4. The molecule has 4 rings (SSSR count). The molecular formula is C29H39Cl2N3O2. The summed E-state index contributed by atoms with van der Waals surface area (Å²) in [6.45, 7) is 8.62. The maximum Gasteiger partial charge on any atom is 0.224 e. The predicted molar refractivity (Wildman–Crippen MR) is 148 cm³/mol. The van der Waals surface area contributed by atoms with E-state index in [2.05, 4.69) is 15.1 Å². The molecule has 2 fully saturated rings. The molecular weight excluding hydrogens is 493 g/mol. The van der Waals surface area contributed by atoms with Crippen LogP contribution in [-0.2, 0) is 11.2 Å². The van der Waals surface area contributed by atoms with Crippen LogP contribution in [0.15, 0.2) is 42.5 Å². The molecule has 36 heavy (non-hydrogen) atoms. The van der Waals surface area contributed by atoms with Crippen molar-refractivity contribution in [2.75, 3.05) is 32.7 Å². The lowest BCUT2D eigenvalue weighted by Gasteiger charge is -2.43. The zero-order chi connectivity index (χ0) is 25.5. The Bertz CT molecular complexity index is 1000. The number of benzene rings is 2. The monoisotopic (exact) mass is 531 g/mol. The molecule has 1 N–H and O–H groups in total. The lowest BCUT2D eigenvalue weighted by Crippen LogP contribution is -2.53. The Kier molecular flexibility index (Phi) is 9.95. The highest BCUT2D eigenvalue weighted by Gasteiger charge is 2.29. The van der Waals surface area contributed by atoms with Gasteiger partial charge in [-0.05, 0) is 62.1 Å². The minimum absolute atomic E-state index is 0.00241. The zero-order valence-corrected chi connectivity index (χ0v) is 23.0. The number of ether oxygens (including phenoxy) is 1. The summed E-state index contributed by atoms with van der Waals surface area (Å²) in [7, 11) is 0. The molecule has 1 atom stereocenters. The summed E-state index contributed by atoms with van der Waals surface area (Å²) in [5.74, 6) is 0.794. The summed E-state index contributed by atoms with van der Waals surface area (Å²) in [6, 6.07) is 14.4. The Morgan fingerprint density at radius 3 is 2.44 bits per heavy atom. The van der Waals surface area contributed by atoms with E-state index in [4.69, 9.17) is 27.9 Å². The van der Waals surface area contributed by atoms with E-state index < -0.39 is 0 Å². The van der Waals surface area contributed by atoms with Crippen molar-refractivity contribution in [1.29, 1.82) is 0 Å². The van der Waals surface area contributed by atoms with Crippen LogP contribution in [0.3, 0.4) is 0 Å². The average molecular weight is 533 g/mol. The normalized spacial score (nSPS) is 18.8. The minimum Gasteiger partial charge on any atom is -0.491 e. The van der Waals surface area contributed by atoms with Gasteiger partial charge >= 0.3 is 0 Å². The maximum atomic E-state index is 12.9. The Hall–Kier alpha value is -1.79. The van der Waals surface area contributed by atoms with Crippen LogP contribution < -0.4 is 10.1 Å². The highest BCUT2D eigenvalue weighted by molar-refractivity contribution is 6.42. The third-order valence-electron chi connectivity index (χ3n) is 7.34. The van der Waals surface area contributed by atoms with Gasteiger partial charge in [-0.25, -0.2) is 0 Å². The molecule has 2 aromatic carbocycles. The number of piperazine rings is 1. The third-order valence-corrected chi connectivity index (χ3v) is 8.08. The van der Waals surface area contributed by atoms with E-state index in [0.29, 0.717) is 23.0 Å². The molecule has 0 aromatic heterocycles. The fraction of sp³-hybridized carbons (Fsp3) is 0.552. The van der Waals surface area contributed by atoms with Gasteiger partial charge in [0.05, 0.1) is 28.6 Å². The SMILES string of the molecule is CC(C)Oc1cccc(CC(=O)NCC(c2ccc(Cl)c(Cl)c2)N2CCN(C3CCCCC3)CC2)c1. The van der Waals surface area contributed by atoms with Crippen molar-refractivity contribution in [2.24, 2.45) is 0 Å². The van der Waals surface area contributed by atoms with Crippen molar-refractivity contribution >= 4 is 29.1 Å². The van der Waals surface area contributed by atoms with E-state index in [0.717, 1.165) is 49.1 Å². The van der Waals surface area contributed by atoms with Gasteiger partial charge in [-0.15, -0.1) is 0 Å². The van der Waals surface area contributed by atoms with Crippen LogP contribution in [0.1, 0.15) is 63.1 Å². The van der Waals surface area contributed by atoms with Gasteiger partial charge < -0.3 is 10.1 Å². The van der Waals surface area contributed by atoms with Crippen LogP contribution in [0.4, 0.5) is 0 Å². The summed E-state index contributed by atoms with van der Waals surface area (Å²) in [6.07, 6.45) is 7.17. The molecule has 1 aliphatic carbocycles. The van der Waals surface area contributed by atoms with E-state index in [1.54, 1.807) is 0 Å². The van der Waals surface area contributed by atoms with Gasteiger partial charge in [0.1, 0.15) is 5.75 Å². The molecule has 1 unspecified atom stereocenters. The summed E-state index contributed by atoms with van der Waals surface area (Å²) < 4.78 is 5.78. The molecule has 7 heteroatoms. The lowest BCUT2D eigenvalue weighted by atomic mass is 9.93. The van der Waals surface area contributed by atoms with Gasteiger partial charge in [0.2, 0.25) is 5.91 Å². The topological polar surface area (TPSA) is 44.8 Å². The summed E-state index contributed by atoms with van der Waals surface area (Å²) in [4.78, 5) is 18.1. The van der Waals surface area contributed by atoms with Gasteiger partial charge in [-0.1, -0.05) is 60.7 Å². The zero-order valence-electron chi connectivity index (χ0n) is 21.5. The van der Waals surface area contributed by atoms with Crippen molar-refractivity contribution in [3.63, 3.8) is 0 Å². The number of nitrogens with zero attached hydrogens (tertiary/aromatic N) is 2. The van der Waals surface area contributed by atoms with E-state index in [1.165, 1.54) is 32.1 Å². The minimum atomic E-state index is 0.00241. The number of hydrogen-bond acceptors (Lipinski definition) is 4. The molecule has 0 radical (unpaired) electrons. The first-order valence-electron chi connectivity index (χ1n) is 13.3. The van der Waals surface area contributed by atoms with Gasteiger partial charge in [-0.3, -0.25) is 14.6 Å². The molecule has 1 heterocycles. The molecule has 5 nitrogen and oxygen atoms in total. The Labute approximate surface area is 226 Å². The fourth-order valence-corrected chi connectivity index (χ4v) is 5.80. The van der Waals surface area contributed by atoms with Crippen LogP contribution in [0.25, 0.3) is 0 Å². The number of hydrogen-bond donors (Lipinski definition) is 1. The molecule has 1 saturated heterocycles. The standard InChI is InChI=1S/C29H39Cl2N3O2/c1-21(2)36-25-10-6-7-22(17-25)18-29(35)32-20-28(23-11-12-26(30)27(31)19-23)34-15-13-33(14-16-34)24-8-4-3-5-9-24/h6-7,10-12,17,19,21,24,28H,3-5,8-9,13-16,18,20H2,1-2H3,(H,32,35). The molecule has 1 amide bonds. The first kappa shape index (κ1) is 27.3. The number of rotatable bonds is 9. The molecule has 196 valence electrons. The van der Waals surface area contributed by atoms with Gasteiger partial charge in [0, 0.05) is 38.8 Å². The third kappa shape index (κ3) is 7.61. The van der Waals surface area contributed by atoms with Crippen molar-refractivity contribution < 1.29 is 9.53 Å². The van der Waals surface area contributed by atoms with Crippen LogP contribution >= 0.6 is 23.2 Å². The average Bonchev–Trinajstić information content (AvgIpc) is 2.87. The lowest BCUT2D eigenvalue weighted by molar-refractivity contribution is -0.120. The molecule has 2 aliphatic rings. The van der Waals surface area contributed by atoms with Gasteiger partial charge in [-0.2, -0.15) is 0 Å². The van der Waals surface area contributed by atoms with E-state index in [1.807, 2.05) is 56.3 Å². The fourth-order valence-electron chi connectivity index (χ4n) is 5.50. The van der Waals surface area contributed by atoms with Crippen LogP contribution in [-0.4, -0.2) is 60.6 Å². The second kappa shape index (κ2) is 13.1. The van der Waals surface area contributed by atoms with Crippen molar-refractivity contribution in [1.82, 2.24) is 15.1 Å². The summed E-state index contributed by atoms with van der Waals surface area (Å²) in [5, 5.41) is 4.28. The number of halogens is 2. The summed E-state index contributed by atoms with van der Waals surface area (Å²) >= 11 is 12.6. The Balaban J connectivity index is 1.39. The van der Waals surface area contributed by atoms with Crippen molar-refractivity contribution in [3.05, 3.63) is 63.6 Å². The van der Waals surface area contributed by atoms with Gasteiger partial charge in [0.15, 0.2) is 0 Å². The number of carbonyl (C=O) groups is 1. The molecule has 1 aliphatic heterocycles. The second-order valence-electron chi connectivity index (χ2n) is 10.3. The van der Waals surface area contributed by atoms with Crippen LogP contribution in [0.2, 0.25) is 10.0 Å².